The standard InChI is InChI=1S/C26H32Cl2N4O7S/c1-4-22(26(34)29-17-8-5-6-9-17)30(15-19-20(27)10-7-11-21(19)28)25(33)16-31(40(3,37)38)23-14-18(32(35)36)12-13-24(23)39-2/h7,10-14,17,22H,4-6,8-9,15-16H2,1-3H3,(H,29,34)/t22-/m1/s1. The monoisotopic (exact) mass is 614 g/mol. The van der Waals surface area contributed by atoms with Crippen LogP contribution in [0.25, 0.3) is 0 Å². The average molecular weight is 616 g/mol. The Kier molecular flexibility index (Phi) is 10.6. The van der Waals surface area contributed by atoms with Crippen LogP contribution in [0.4, 0.5) is 11.4 Å². The second-order valence-electron chi connectivity index (χ2n) is 9.52. The predicted molar refractivity (Wildman–Crippen MR) is 153 cm³/mol. The number of ether oxygens (including phenoxy) is 1. The van der Waals surface area contributed by atoms with E-state index in [-0.39, 0.29) is 52.1 Å². The molecule has 40 heavy (non-hydrogen) atoms. The van der Waals surface area contributed by atoms with E-state index in [0.29, 0.717) is 5.56 Å². The zero-order chi connectivity index (χ0) is 29.6. The van der Waals surface area contributed by atoms with Gasteiger partial charge in [0.15, 0.2) is 0 Å². The summed E-state index contributed by atoms with van der Waals surface area (Å²) in [6.07, 6.45) is 4.76. The fourth-order valence-electron chi connectivity index (χ4n) is 4.72. The van der Waals surface area contributed by atoms with Crippen LogP contribution in [-0.2, 0) is 26.2 Å². The Bertz CT molecular complexity index is 1350. The van der Waals surface area contributed by atoms with Crippen molar-refractivity contribution in [3.05, 3.63) is 62.1 Å². The first-order valence-electron chi connectivity index (χ1n) is 12.7. The number of hydrogen-bond donors (Lipinski definition) is 1. The highest BCUT2D eigenvalue weighted by atomic mass is 35.5. The van der Waals surface area contributed by atoms with Crippen molar-refractivity contribution in [2.24, 2.45) is 0 Å². The number of nitrogens with zero attached hydrogens (tertiary/aromatic N) is 3. The van der Waals surface area contributed by atoms with Gasteiger partial charge < -0.3 is 15.0 Å². The van der Waals surface area contributed by atoms with Crippen molar-refractivity contribution in [2.75, 3.05) is 24.2 Å². The van der Waals surface area contributed by atoms with Crippen LogP contribution in [0, 0.1) is 10.1 Å². The Hall–Kier alpha value is -3.09. The number of sulfonamides is 1. The van der Waals surface area contributed by atoms with Crippen molar-refractivity contribution >= 4 is 56.4 Å². The summed E-state index contributed by atoms with van der Waals surface area (Å²) in [4.78, 5) is 39.3. The largest absolute Gasteiger partial charge is 0.495 e. The van der Waals surface area contributed by atoms with E-state index in [1.54, 1.807) is 25.1 Å². The Morgan fingerprint density at radius 3 is 2.33 bits per heavy atom. The number of carbonyl (C=O) groups is 2. The van der Waals surface area contributed by atoms with Crippen LogP contribution in [0.1, 0.15) is 44.6 Å². The number of anilines is 1. The second kappa shape index (κ2) is 13.5. The second-order valence-corrected chi connectivity index (χ2v) is 12.2. The fraction of sp³-hybridized carbons (Fsp3) is 0.462. The smallest absolute Gasteiger partial charge is 0.271 e. The molecule has 1 fully saturated rings. The lowest BCUT2D eigenvalue weighted by molar-refractivity contribution is -0.384. The Morgan fingerprint density at radius 2 is 1.80 bits per heavy atom. The highest BCUT2D eigenvalue weighted by Crippen LogP contribution is 2.34. The highest BCUT2D eigenvalue weighted by molar-refractivity contribution is 7.92. The van der Waals surface area contributed by atoms with Crippen LogP contribution >= 0.6 is 23.2 Å². The van der Waals surface area contributed by atoms with E-state index in [4.69, 9.17) is 27.9 Å². The molecule has 14 heteroatoms. The highest BCUT2D eigenvalue weighted by Gasteiger charge is 2.34. The zero-order valence-electron chi connectivity index (χ0n) is 22.4. The predicted octanol–water partition coefficient (Wildman–Crippen LogP) is 4.54. The van der Waals surface area contributed by atoms with Crippen molar-refractivity contribution in [1.29, 1.82) is 0 Å². The van der Waals surface area contributed by atoms with Gasteiger partial charge in [-0.25, -0.2) is 8.42 Å². The van der Waals surface area contributed by atoms with Crippen LogP contribution < -0.4 is 14.4 Å². The Morgan fingerprint density at radius 1 is 1.18 bits per heavy atom. The number of nitro benzene ring substituents is 1. The van der Waals surface area contributed by atoms with Crippen molar-refractivity contribution in [3.63, 3.8) is 0 Å². The third-order valence-electron chi connectivity index (χ3n) is 6.80. The average Bonchev–Trinajstić information content (AvgIpc) is 3.40. The van der Waals surface area contributed by atoms with Crippen LogP contribution in [0.5, 0.6) is 5.75 Å². The Balaban J connectivity index is 2.05. The molecular formula is C26H32Cl2N4O7S. The number of hydrogen-bond acceptors (Lipinski definition) is 7. The topological polar surface area (TPSA) is 139 Å². The van der Waals surface area contributed by atoms with Gasteiger partial charge in [0.25, 0.3) is 5.69 Å². The van der Waals surface area contributed by atoms with Crippen molar-refractivity contribution < 1.29 is 27.7 Å². The molecule has 1 aliphatic carbocycles. The van der Waals surface area contributed by atoms with Gasteiger partial charge in [-0.3, -0.25) is 24.0 Å². The van der Waals surface area contributed by atoms with Gasteiger partial charge in [0.1, 0.15) is 24.0 Å². The quantitative estimate of drug-likeness (QED) is 0.273. The molecule has 2 aromatic carbocycles. The molecule has 0 unspecified atom stereocenters. The number of rotatable bonds is 12. The maximum absolute atomic E-state index is 13.9. The number of nitrogens with one attached hydrogen (secondary N) is 1. The number of nitro groups is 1. The van der Waals surface area contributed by atoms with Gasteiger partial charge in [-0.15, -0.1) is 0 Å². The lowest BCUT2D eigenvalue weighted by atomic mass is 10.1. The SMILES string of the molecule is CC[C@H](C(=O)NC1CCCC1)N(Cc1c(Cl)cccc1Cl)C(=O)CN(c1cc([N+](=O)[O-])ccc1OC)S(C)(=O)=O. The van der Waals surface area contributed by atoms with Crippen molar-refractivity contribution in [2.45, 2.75) is 57.7 Å². The number of benzene rings is 2. The van der Waals surface area contributed by atoms with Crippen LogP contribution in [0.2, 0.25) is 10.0 Å². The first-order valence-corrected chi connectivity index (χ1v) is 15.3. The van der Waals surface area contributed by atoms with Gasteiger partial charge in [0.2, 0.25) is 21.8 Å². The summed E-state index contributed by atoms with van der Waals surface area (Å²) in [6, 6.07) is 7.30. The minimum atomic E-state index is -4.15. The van der Waals surface area contributed by atoms with Gasteiger partial charge in [-0.1, -0.05) is 49.0 Å². The summed E-state index contributed by atoms with van der Waals surface area (Å²) < 4.78 is 31.8. The van der Waals surface area contributed by atoms with E-state index in [2.05, 4.69) is 5.32 Å². The molecule has 0 saturated heterocycles. The molecule has 1 atom stereocenters. The summed E-state index contributed by atoms with van der Waals surface area (Å²) in [5.41, 5.74) is -0.184. The van der Waals surface area contributed by atoms with Gasteiger partial charge in [0.05, 0.1) is 18.3 Å². The summed E-state index contributed by atoms with van der Waals surface area (Å²) in [5.74, 6) is -1.09. The van der Waals surface area contributed by atoms with Crippen LogP contribution in [0.15, 0.2) is 36.4 Å². The number of non-ortho nitro benzene ring substituents is 1. The molecule has 1 saturated carbocycles. The van der Waals surface area contributed by atoms with Gasteiger partial charge in [-0.05, 0) is 37.5 Å². The first-order chi connectivity index (χ1) is 18.9. The summed E-state index contributed by atoms with van der Waals surface area (Å²) in [5, 5.41) is 15.0. The minimum absolute atomic E-state index is 0.00976. The summed E-state index contributed by atoms with van der Waals surface area (Å²) in [7, 11) is -2.87. The molecule has 218 valence electrons. The normalized spacial score (nSPS) is 14.4. The van der Waals surface area contributed by atoms with Crippen molar-refractivity contribution in [1.82, 2.24) is 10.2 Å². The molecule has 0 aliphatic heterocycles. The molecule has 0 heterocycles. The van der Waals surface area contributed by atoms with E-state index in [0.717, 1.165) is 48.4 Å². The van der Waals surface area contributed by atoms with E-state index in [1.807, 2.05) is 0 Å². The maximum Gasteiger partial charge on any atom is 0.271 e. The first kappa shape index (κ1) is 31.4. The number of carbonyl (C=O) groups excluding carboxylic acids is 2. The molecule has 0 bridgehead atoms. The van der Waals surface area contributed by atoms with Crippen molar-refractivity contribution in [3.8, 4) is 5.75 Å². The molecule has 1 N–H and O–H groups in total. The molecule has 2 amide bonds. The lowest BCUT2D eigenvalue weighted by Crippen LogP contribution is -2.53. The molecule has 1 aliphatic rings. The molecule has 0 radical (unpaired) electrons. The third-order valence-corrected chi connectivity index (χ3v) is 8.63. The molecule has 0 spiro atoms. The minimum Gasteiger partial charge on any atom is -0.495 e. The van der Waals surface area contributed by atoms with E-state index in [1.165, 1.54) is 18.1 Å². The van der Waals surface area contributed by atoms with Gasteiger partial charge >= 0.3 is 0 Å². The summed E-state index contributed by atoms with van der Waals surface area (Å²) in [6.45, 7) is 0.814. The zero-order valence-corrected chi connectivity index (χ0v) is 24.8. The lowest BCUT2D eigenvalue weighted by Gasteiger charge is -2.34. The van der Waals surface area contributed by atoms with E-state index in [9.17, 15) is 28.1 Å². The number of amides is 2. The molecule has 2 aromatic rings. The van der Waals surface area contributed by atoms with Crippen LogP contribution in [0.3, 0.4) is 0 Å². The third kappa shape index (κ3) is 7.55. The molecule has 0 aromatic heterocycles. The van der Waals surface area contributed by atoms with Gasteiger partial charge in [-0.2, -0.15) is 0 Å². The maximum atomic E-state index is 13.9. The molecule has 3 rings (SSSR count). The summed E-state index contributed by atoms with van der Waals surface area (Å²) >= 11 is 12.8. The number of halogens is 2. The fourth-order valence-corrected chi connectivity index (χ4v) is 6.08. The van der Waals surface area contributed by atoms with E-state index >= 15 is 0 Å². The number of methoxy groups -OCH3 is 1. The molecule has 11 nitrogen and oxygen atoms in total. The van der Waals surface area contributed by atoms with E-state index < -0.39 is 33.4 Å². The Labute approximate surface area is 243 Å². The van der Waals surface area contributed by atoms with Crippen LogP contribution in [-0.4, -0.2) is 62.0 Å². The van der Waals surface area contributed by atoms with Gasteiger partial charge in [0, 0.05) is 40.3 Å². The molecular weight excluding hydrogens is 583 g/mol.